The molecule has 0 fully saturated rings. The van der Waals surface area contributed by atoms with Crippen molar-refractivity contribution in [3.8, 4) is 0 Å². The molecule has 0 bridgehead atoms. The van der Waals surface area contributed by atoms with Crippen molar-refractivity contribution < 1.29 is 19.4 Å². The molecular formula is C12H14INO4. The van der Waals surface area contributed by atoms with Crippen LogP contribution >= 0.6 is 22.6 Å². The van der Waals surface area contributed by atoms with Gasteiger partial charge in [-0.2, -0.15) is 0 Å². The first-order valence-electron chi connectivity index (χ1n) is 5.33. The Hall–Kier alpha value is -1.15. The predicted molar refractivity (Wildman–Crippen MR) is 74.5 cm³/mol. The van der Waals surface area contributed by atoms with Crippen LogP contribution in [0.1, 0.15) is 16.8 Å². The summed E-state index contributed by atoms with van der Waals surface area (Å²) in [4.78, 5) is 22.9. The molecule has 18 heavy (non-hydrogen) atoms. The molecule has 0 saturated carbocycles. The molecule has 1 atom stereocenters. The number of benzene rings is 1. The van der Waals surface area contributed by atoms with Gasteiger partial charge in [-0.05, 0) is 34.7 Å². The van der Waals surface area contributed by atoms with Gasteiger partial charge in [0.15, 0.2) is 0 Å². The highest BCUT2D eigenvalue weighted by molar-refractivity contribution is 14.1. The summed E-state index contributed by atoms with van der Waals surface area (Å²) in [7, 11) is 1.49. The van der Waals surface area contributed by atoms with E-state index in [-0.39, 0.29) is 18.9 Å². The third-order valence-corrected chi connectivity index (χ3v) is 3.27. The van der Waals surface area contributed by atoms with Gasteiger partial charge in [0.05, 0.1) is 5.56 Å². The first-order valence-corrected chi connectivity index (χ1v) is 6.41. The Bertz CT molecular complexity index is 436. The van der Waals surface area contributed by atoms with Crippen molar-refractivity contribution in [2.45, 2.75) is 12.5 Å². The van der Waals surface area contributed by atoms with Crippen molar-refractivity contribution in [2.75, 3.05) is 13.7 Å². The Kier molecular flexibility index (Phi) is 6.06. The van der Waals surface area contributed by atoms with Crippen molar-refractivity contribution in [3.63, 3.8) is 0 Å². The van der Waals surface area contributed by atoms with Gasteiger partial charge in [-0.15, -0.1) is 0 Å². The van der Waals surface area contributed by atoms with Crippen LogP contribution in [0, 0.1) is 3.57 Å². The van der Waals surface area contributed by atoms with Crippen LogP contribution in [0.15, 0.2) is 24.3 Å². The molecule has 98 valence electrons. The summed E-state index contributed by atoms with van der Waals surface area (Å²) in [6.07, 6.45) is 0.237. The Morgan fingerprint density at radius 2 is 2.11 bits per heavy atom. The van der Waals surface area contributed by atoms with Crippen molar-refractivity contribution >= 4 is 34.5 Å². The van der Waals surface area contributed by atoms with Crippen LogP contribution in [0.2, 0.25) is 0 Å². The minimum Gasteiger partial charge on any atom is -0.480 e. The highest BCUT2D eigenvalue weighted by atomic mass is 127. The fraction of sp³-hybridized carbons (Fsp3) is 0.333. The van der Waals surface area contributed by atoms with E-state index in [1.54, 1.807) is 18.2 Å². The maximum Gasteiger partial charge on any atom is 0.326 e. The van der Waals surface area contributed by atoms with E-state index < -0.39 is 12.0 Å². The summed E-state index contributed by atoms with van der Waals surface area (Å²) in [6.45, 7) is 0.281. The Morgan fingerprint density at radius 1 is 1.44 bits per heavy atom. The van der Waals surface area contributed by atoms with Gasteiger partial charge in [0.1, 0.15) is 6.04 Å². The molecule has 1 aromatic rings. The molecule has 6 heteroatoms. The van der Waals surface area contributed by atoms with E-state index in [0.29, 0.717) is 5.56 Å². The van der Waals surface area contributed by atoms with E-state index >= 15 is 0 Å². The molecule has 0 spiro atoms. The number of halogens is 1. The molecular weight excluding hydrogens is 349 g/mol. The van der Waals surface area contributed by atoms with Gasteiger partial charge in [0.25, 0.3) is 5.91 Å². The molecule has 2 N–H and O–H groups in total. The monoisotopic (exact) mass is 363 g/mol. The molecule has 1 rings (SSSR count). The summed E-state index contributed by atoms with van der Waals surface area (Å²) >= 11 is 2.04. The van der Waals surface area contributed by atoms with E-state index in [1.807, 2.05) is 28.7 Å². The number of hydrogen-bond donors (Lipinski definition) is 2. The number of hydrogen-bond acceptors (Lipinski definition) is 3. The minimum absolute atomic E-state index is 0.237. The standard InChI is InChI=1S/C12H14INO4/c1-18-7-6-10(12(16)17)14-11(15)8-4-2-3-5-9(8)13/h2-5,10H,6-7H2,1H3,(H,14,15)(H,16,17). The molecule has 0 saturated heterocycles. The van der Waals surface area contributed by atoms with Crippen LogP contribution < -0.4 is 5.32 Å². The van der Waals surface area contributed by atoms with Gasteiger partial charge in [-0.25, -0.2) is 4.79 Å². The van der Waals surface area contributed by atoms with Crippen molar-refractivity contribution in [3.05, 3.63) is 33.4 Å². The molecule has 1 unspecified atom stereocenters. The summed E-state index contributed by atoms with van der Waals surface area (Å²) in [5, 5.41) is 11.5. The third kappa shape index (κ3) is 4.26. The van der Waals surface area contributed by atoms with Gasteiger partial charge in [0, 0.05) is 23.7 Å². The molecule has 0 aliphatic heterocycles. The minimum atomic E-state index is -1.06. The van der Waals surface area contributed by atoms with Crippen LogP contribution in [0.5, 0.6) is 0 Å². The Labute approximate surface area is 119 Å². The molecule has 1 amide bonds. The molecule has 5 nitrogen and oxygen atoms in total. The van der Waals surface area contributed by atoms with E-state index in [2.05, 4.69) is 5.32 Å². The first-order chi connectivity index (χ1) is 8.56. The molecule has 0 radical (unpaired) electrons. The molecule has 0 aliphatic rings. The van der Waals surface area contributed by atoms with Crippen molar-refractivity contribution in [2.24, 2.45) is 0 Å². The second kappa shape index (κ2) is 7.32. The maximum absolute atomic E-state index is 11.9. The summed E-state index contributed by atoms with van der Waals surface area (Å²) in [5.41, 5.74) is 0.474. The number of amides is 1. The SMILES string of the molecule is COCCC(NC(=O)c1ccccc1I)C(=O)O. The van der Waals surface area contributed by atoms with Gasteiger partial charge in [-0.1, -0.05) is 12.1 Å². The zero-order valence-electron chi connectivity index (χ0n) is 9.85. The lowest BCUT2D eigenvalue weighted by Gasteiger charge is -2.14. The van der Waals surface area contributed by atoms with Crippen LogP contribution in [-0.4, -0.2) is 36.7 Å². The molecule has 0 heterocycles. The molecule has 0 aliphatic carbocycles. The smallest absolute Gasteiger partial charge is 0.326 e. The van der Waals surface area contributed by atoms with Crippen LogP contribution in [0.3, 0.4) is 0 Å². The van der Waals surface area contributed by atoms with Crippen molar-refractivity contribution in [1.82, 2.24) is 5.32 Å². The Balaban J connectivity index is 2.72. The van der Waals surface area contributed by atoms with Crippen LogP contribution in [-0.2, 0) is 9.53 Å². The first kappa shape index (κ1) is 14.9. The van der Waals surface area contributed by atoms with Gasteiger partial charge < -0.3 is 15.2 Å². The molecule has 1 aromatic carbocycles. The van der Waals surface area contributed by atoms with E-state index in [1.165, 1.54) is 7.11 Å². The second-order valence-electron chi connectivity index (χ2n) is 3.63. The fourth-order valence-corrected chi connectivity index (χ4v) is 2.01. The van der Waals surface area contributed by atoms with E-state index in [4.69, 9.17) is 9.84 Å². The van der Waals surface area contributed by atoms with Gasteiger partial charge in [-0.3, -0.25) is 4.79 Å². The average molecular weight is 363 g/mol. The second-order valence-corrected chi connectivity index (χ2v) is 4.79. The summed E-state index contributed by atoms with van der Waals surface area (Å²) in [6, 6.07) is 6.07. The highest BCUT2D eigenvalue weighted by Crippen LogP contribution is 2.11. The molecule has 0 aromatic heterocycles. The lowest BCUT2D eigenvalue weighted by molar-refractivity contribution is -0.139. The number of nitrogens with one attached hydrogen (secondary N) is 1. The number of methoxy groups -OCH3 is 1. The highest BCUT2D eigenvalue weighted by Gasteiger charge is 2.21. The topological polar surface area (TPSA) is 75.6 Å². The number of carbonyl (C=O) groups excluding carboxylic acids is 1. The summed E-state index contributed by atoms with van der Waals surface area (Å²) in [5.74, 6) is -1.45. The largest absolute Gasteiger partial charge is 0.480 e. The quantitative estimate of drug-likeness (QED) is 0.752. The summed E-state index contributed by atoms with van der Waals surface area (Å²) < 4.78 is 5.60. The number of carbonyl (C=O) groups is 2. The predicted octanol–water partition coefficient (Wildman–Crippen LogP) is 1.51. The fourth-order valence-electron chi connectivity index (χ4n) is 1.37. The average Bonchev–Trinajstić information content (AvgIpc) is 2.34. The van der Waals surface area contributed by atoms with Gasteiger partial charge >= 0.3 is 5.97 Å². The van der Waals surface area contributed by atoms with Crippen LogP contribution in [0.4, 0.5) is 0 Å². The number of ether oxygens (including phenoxy) is 1. The Morgan fingerprint density at radius 3 is 2.67 bits per heavy atom. The number of carboxylic acids is 1. The van der Waals surface area contributed by atoms with E-state index in [0.717, 1.165) is 3.57 Å². The van der Waals surface area contributed by atoms with E-state index in [9.17, 15) is 9.59 Å². The zero-order valence-corrected chi connectivity index (χ0v) is 12.0. The zero-order chi connectivity index (χ0) is 13.5. The number of aliphatic carboxylic acids is 1. The number of carboxylic acid groups (broad SMARTS) is 1. The number of rotatable bonds is 6. The lowest BCUT2D eigenvalue weighted by Crippen LogP contribution is -2.41. The maximum atomic E-state index is 11.9. The third-order valence-electron chi connectivity index (χ3n) is 2.33. The lowest BCUT2D eigenvalue weighted by atomic mass is 10.1. The normalized spacial score (nSPS) is 11.9. The van der Waals surface area contributed by atoms with Crippen LogP contribution in [0.25, 0.3) is 0 Å². The van der Waals surface area contributed by atoms with Crippen molar-refractivity contribution in [1.29, 1.82) is 0 Å². The van der Waals surface area contributed by atoms with Gasteiger partial charge in [0.2, 0.25) is 0 Å².